The Hall–Kier alpha value is -1.43. The molecule has 0 radical (unpaired) electrons. The summed E-state index contributed by atoms with van der Waals surface area (Å²) >= 11 is 0. The highest BCUT2D eigenvalue weighted by Gasteiger charge is 2.54. The average Bonchev–Trinajstić information content (AvgIpc) is 2.88. The third-order valence-corrected chi connectivity index (χ3v) is 4.53. The van der Waals surface area contributed by atoms with Crippen LogP contribution >= 0.6 is 0 Å². The summed E-state index contributed by atoms with van der Waals surface area (Å²) in [5.74, 6) is -0.569. The van der Waals surface area contributed by atoms with E-state index in [-0.39, 0.29) is 25.0 Å². The van der Waals surface area contributed by atoms with E-state index in [1.807, 2.05) is 0 Å². The second kappa shape index (κ2) is 4.30. The Morgan fingerprint density at radius 1 is 1.42 bits per heavy atom. The lowest BCUT2D eigenvalue weighted by Crippen LogP contribution is -2.51. The highest BCUT2D eigenvalue weighted by atomic mass is 19.1. The van der Waals surface area contributed by atoms with Crippen LogP contribution in [-0.4, -0.2) is 49.2 Å². The molecule has 104 valence electrons. The SMILES string of the molecule is CC1=C(N2CCC3(CCNC[C@@H]3F)C2=O)COC1=O. The number of hydrogen-bond acceptors (Lipinski definition) is 4. The Morgan fingerprint density at radius 2 is 2.21 bits per heavy atom. The van der Waals surface area contributed by atoms with E-state index in [0.29, 0.717) is 37.2 Å². The molecule has 0 saturated carbocycles. The van der Waals surface area contributed by atoms with Gasteiger partial charge in [0.05, 0.1) is 16.7 Å². The lowest BCUT2D eigenvalue weighted by Gasteiger charge is -2.35. The highest BCUT2D eigenvalue weighted by Crippen LogP contribution is 2.43. The number of halogens is 1. The number of ether oxygens (including phenoxy) is 1. The monoisotopic (exact) mass is 268 g/mol. The predicted molar refractivity (Wildman–Crippen MR) is 64.8 cm³/mol. The molecule has 0 aliphatic carbocycles. The predicted octanol–water partition coefficient (Wildman–Crippen LogP) is 0.367. The van der Waals surface area contributed by atoms with E-state index in [2.05, 4.69) is 5.32 Å². The number of cyclic esters (lactones) is 1. The largest absolute Gasteiger partial charge is 0.456 e. The lowest BCUT2D eigenvalue weighted by molar-refractivity contribution is -0.140. The van der Waals surface area contributed by atoms with Gasteiger partial charge in [-0.2, -0.15) is 0 Å². The molecule has 3 aliphatic heterocycles. The van der Waals surface area contributed by atoms with E-state index in [1.54, 1.807) is 11.8 Å². The van der Waals surface area contributed by atoms with Crippen molar-refractivity contribution in [3.63, 3.8) is 0 Å². The van der Waals surface area contributed by atoms with Gasteiger partial charge < -0.3 is 15.0 Å². The van der Waals surface area contributed by atoms with Gasteiger partial charge in [-0.1, -0.05) is 0 Å². The summed E-state index contributed by atoms with van der Waals surface area (Å²) in [5, 5.41) is 2.97. The molecule has 2 atom stereocenters. The van der Waals surface area contributed by atoms with Gasteiger partial charge in [-0.15, -0.1) is 0 Å². The van der Waals surface area contributed by atoms with Crippen molar-refractivity contribution < 1.29 is 18.7 Å². The van der Waals surface area contributed by atoms with Gasteiger partial charge in [0.2, 0.25) is 5.91 Å². The van der Waals surface area contributed by atoms with E-state index in [4.69, 9.17) is 4.74 Å². The van der Waals surface area contributed by atoms with Crippen molar-refractivity contribution in [2.24, 2.45) is 5.41 Å². The number of esters is 1. The Labute approximate surface area is 110 Å². The van der Waals surface area contributed by atoms with E-state index < -0.39 is 11.6 Å². The molecule has 0 bridgehead atoms. The quantitative estimate of drug-likeness (QED) is 0.698. The van der Waals surface area contributed by atoms with Gasteiger partial charge in [0.25, 0.3) is 0 Å². The summed E-state index contributed by atoms with van der Waals surface area (Å²) in [7, 11) is 0. The topological polar surface area (TPSA) is 58.6 Å². The van der Waals surface area contributed by atoms with Gasteiger partial charge in [0, 0.05) is 13.1 Å². The minimum Gasteiger partial charge on any atom is -0.456 e. The molecular formula is C13H17FN2O3. The zero-order chi connectivity index (χ0) is 13.6. The molecule has 0 aromatic carbocycles. The van der Waals surface area contributed by atoms with Crippen molar-refractivity contribution in [2.75, 3.05) is 26.2 Å². The Balaban J connectivity index is 1.88. The second-order valence-corrected chi connectivity index (χ2v) is 5.43. The second-order valence-electron chi connectivity index (χ2n) is 5.43. The van der Waals surface area contributed by atoms with Gasteiger partial charge in [-0.3, -0.25) is 4.79 Å². The molecule has 0 aromatic rings. The maximum Gasteiger partial charge on any atom is 0.336 e. The summed E-state index contributed by atoms with van der Waals surface area (Å²) in [6, 6.07) is 0. The number of nitrogens with zero attached hydrogens (tertiary/aromatic N) is 1. The Bertz CT molecular complexity index is 477. The van der Waals surface area contributed by atoms with Gasteiger partial charge in [0.15, 0.2) is 0 Å². The number of nitrogens with one attached hydrogen (secondary N) is 1. The molecule has 1 N–H and O–H groups in total. The first kappa shape index (κ1) is 12.6. The van der Waals surface area contributed by atoms with Crippen LogP contribution in [0, 0.1) is 5.41 Å². The lowest BCUT2D eigenvalue weighted by atomic mass is 9.76. The third kappa shape index (κ3) is 1.69. The average molecular weight is 268 g/mol. The molecule has 6 heteroatoms. The maximum atomic E-state index is 14.2. The normalized spacial score (nSPS) is 35.5. The van der Waals surface area contributed by atoms with Crippen LogP contribution in [0.2, 0.25) is 0 Å². The fourth-order valence-corrected chi connectivity index (χ4v) is 3.21. The summed E-state index contributed by atoms with van der Waals surface area (Å²) in [5.41, 5.74) is 0.178. The van der Waals surface area contributed by atoms with Crippen LogP contribution in [-0.2, 0) is 14.3 Å². The molecule has 2 saturated heterocycles. The molecule has 3 heterocycles. The molecule has 1 spiro atoms. The number of piperidine rings is 1. The van der Waals surface area contributed by atoms with Crippen LogP contribution in [0.25, 0.3) is 0 Å². The summed E-state index contributed by atoms with van der Waals surface area (Å²) in [6.07, 6.45) is -0.123. The molecule has 1 amide bonds. The smallest absolute Gasteiger partial charge is 0.336 e. The Kier molecular flexibility index (Phi) is 2.85. The van der Waals surface area contributed by atoms with E-state index in [1.165, 1.54) is 0 Å². The third-order valence-electron chi connectivity index (χ3n) is 4.53. The number of hydrogen-bond donors (Lipinski definition) is 1. The van der Waals surface area contributed by atoms with Crippen molar-refractivity contribution in [1.82, 2.24) is 10.2 Å². The minimum absolute atomic E-state index is 0.127. The molecule has 19 heavy (non-hydrogen) atoms. The zero-order valence-corrected chi connectivity index (χ0v) is 10.9. The van der Waals surface area contributed by atoms with Crippen molar-refractivity contribution in [3.05, 3.63) is 11.3 Å². The van der Waals surface area contributed by atoms with Crippen molar-refractivity contribution in [1.29, 1.82) is 0 Å². The van der Waals surface area contributed by atoms with Gasteiger partial charge in [-0.25, -0.2) is 9.18 Å². The van der Waals surface area contributed by atoms with Crippen LogP contribution in [0.3, 0.4) is 0 Å². The molecular weight excluding hydrogens is 251 g/mol. The van der Waals surface area contributed by atoms with E-state index in [9.17, 15) is 14.0 Å². The number of carbonyl (C=O) groups is 2. The number of amides is 1. The first-order valence-electron chi connectivity index (χ1n) is 6.60. The van der Waals surface area contributed by atoms with Crippen LogP contribution in [0.1, 0.15) is 19.8 Å². The Morgan fingerprint density at radius 3 is 2.84 bits per heavy atom. The molecule has 2 fully saturated rings. The molecule has 0 aromatic heterocycles. The molecule has 5 nitrogen and oxygen atoms in total. The van der Waals surface area contributed by atoms with Crippen molar-refractivity contribution in [3.8, 4) is 0 Å². The fraction of sp³-hybridized carbons (Fsp3) is 0.692. The van der Waals surface area contributed by atoms with E-state index >= 15 is 0 Å². The fourth-order valence-electron chi connectivity index (χ4n) is 3.21. The van der Waals surface area contributed by atoms with Crippen molar-refractivity contribution in [2.45, 2.75) is 25.9 Å². The standard InChI is InChI=1S/C13H17FN2O3/c1-8-9(7-19-11(8)17)16-5-3-13(12(16)18)2-4-15-6-10(13)14/h10,15H,2-7H2,1H3/t10-,13?/m0/s1. The summed E-state index contributed by atoms with van der Waals surface area (Å²) < 4.78 is 19.1. The first-order chi connectivity index (χ1) is 9.06. The molecule has 3 aliphatic rings. The minimum atomic E-state index is -1.15. The maximum absolute atomic E-state index is 14.2. The van der Waals surface area contributed by atoms with Gasteiger partial charge in [0.1, 0.15) is 12.8 Å². The van der Waals surface area contributed by atoms with Crippen LogP contribution in [0.15, 0.2) is 11.3 Å². The van der Waals surface area contributed by atoms with Crippen LogP contribution < -0.4 is 5.32 Å². The van der Waals surface area contributed by atoms with Gasteiger partial charge in [-0.05, 0) is 26.3 Å². The summed E-state index contributed by atoms with van der Waals surface area (Å²) in [4.78, 5) is 25.5. The van der Waals surface area contributed by atoms with Crippen LogP contribution in [0.5, 0.6) is 0 Å². The molecule has 1 unspecified atom stereocenters. The number of likely N-dealkylation sites (tertiary alicyclic amines) is 1. The summed E-state index contributed by atoms with van der Waals surface area (Å²) in [6.45, 7) is 3.14. The first-order valence-corrected chi connectivity index (χ1v) is 6.60. The zero-order valence-electron chi connectivity index (χ0n) is 10.9. The molecule has 3 rings (SSSR count). The number of carbonyl (C=O) groups excluding carboxylic acids is 2. The number of alkyl halides is 1. The van der Waals surface area contributed by atoms with Crippen molar-refractivity contribution >= 4 is 11.9 Å². The highest BCUT2D eigenvalue weighted by molar-refractivity contribution is 5.94. The number of rotatable bonds is 1. The van der Waals surface area contributed by atoms with E-state index in [0.717, 1.165) is 0 Å². The van der Waals surface area contributed by atoms with Crippen LogP contribution in [0.4, 0.5) is 4.39 Å². The van der Waals surface area contributed by atoms with Gasteiger partial charge >= 0.3 is 5.97 Å².